The van der Waals surface area contributed by atoms with E-state index in [-0.39, 0.29) is 6.61 Å². The van der Waals surface area contributed by atoms with Crippen LogP contribution in [-0.2, 0) is 6.54 Å². The van der Waals surface area contributed by atoms with Crippen molar-refractivity contribution in [2.24, 2.45) is 0 Å². The SMILES string of the molecule is Nc1ccc(CN2C=CC(CCO)Sc3ccccc32)cc1. The lowest BCUT2D eigenvalue weighted by atomic mass is 10.2. The maximum atomic E-state index is 9.21. The number of hydrogen-bond acceptors (Lipinski definition) is 4. The van der Waals surface area contributed by atoms with Crippen LogP contribution in [0.4, 0.5) is 11.4 Å². The number of benzene rings is 2. The predicted octanol–water partition coefficient (Wildman–Crippen LogP) is 3.65. The van der Waals surface area contributed by atoms with E-state index in [1.54, 1.807) is 0 Å². The van der Waals surface area contributed by atoms with Gasteiger partial charge >= 0.3 is 0 Å². The van der Waals surface area contributed by atoms with Gasteiger partial charge in [0.15, 0.2) is 0 Å². The van der Waals surface area contributed by atoms with Gasteiger partial charge in [0.1, 0.15) is 0 Å². The molecule has 1 unspecified atom stereocenters. The summed E-state index contributed by atoms with van der Waals surface area (Å²) in [5.74, 6) is 0. The lowest BCUT2D eigenvalue weighted by molar-refractivity contribution is 0.291. The van der Waals surface area contributed by atoms with E-state index in [2.05, 4.69) is 53.6 Å². The normalized spacial score (nSPS) is 17.1. The van der Waals surface area contributed by atoms with Crippen molar-refractivity contribution in [1.29, 1.82) is 0 Å². The lowest BCUT2D eigenvalue weighted by Crippen LogP contribution is -2.15. The smallest absolute Gasteiger partial charge is 0.0547 e. The first-order valence-electron chi connectivity index (χ1n) is 7.42. The summed E-state index contributed by atoms with van der Waals surface area (Å²) in [6.45, 7) is 1.02. The van der Waals surface area contributed by atoms with Crippen molar-refractivity contribution >= 4 is 23.1 Å². The molecule has 0 amide bonds. The van der Waals surface area contributed by atoms with E-state index < -0.39 is 0 Å². The van der Waals surface area contributed by atoms with Gasteiger partial charge in [0.25, 0.3) is 0 Å². The molecule has 114 valence electrons. The number of thioether (sulfide) groups is 1. The number of anilines is 2. The van der Waals surface area contributed by atoms with Crippen LogP contribution in [-0.4, -0.2) is 17.0 Å². The van der Waals surface area contributed by atoms with Crippen LogP contribution in [0.2, 0.25) is 0 Å². The first-order valence-corrected chi connectivity index (χ1v) is 8.30. The van der Waals surface area contributed by atoms with Crippen LogP contribution in [0, 0.1) is 0 Å². The van der Waals surface area contributed by atoms with Crippen LogP contribution in [0.5, 0.6) is 0 Å². The van der Waals surface area contributed by atoms with Gasteiger partial charge in [-0.15, -0.1) is 11.8 Å². The molecule has 0 saturated carbocycles. The number of aliphatic hydroxyl groups is 1. The summed E-state index contributed by atoms with van der Waals surface area (Å²) in [7, 11) is 0. The van der Waals surface area contributed by atoms with Crippen LogP contribution >= 0.6 is 11.8 Å². The molecule has 22 heavy (non-hydrogen) atoms. The van der Waals surface area contributed by atoms with Crippen LogP contribution in [0.3, 0.4) is 0 Å². The third-order valence-electron chi connectivity index (χ3n) is 3.68. The van der Waals surface area contributed by atoms with Gasteiger partial charge in [0, 0.05) is 35.2 Å². The molecule has 3 nitrogen and oxygen atoms in total. The number of nitrogen functional groups attached to an aromatic ring is 1. The van der Waals surface area contributed by atoms with Gasteiger partial charge in [-0.1, -0.05) is 30.3 Å². The molecule has 3 N–H and O–H groups in total. The Hall–Kier alpha value is -1.91. The first kappa shape index (κ1) is 15.0. The molecule has 1 aliphatic heterocycles. The van der Waals surface area contributed by atoms with Crippen LogP contribution in [0.25, 0.3) is 0 Å². The maximum Gasteiger partial charge on any atom is 0.0547 e. The summed E-state index contributed by atoms with van der Waals surface area (Å²) in [5.41, 5.74) is 8.98. The quantitative estimate of drug-likeness (QED) is 0.846. The van der Waals surface area contributed by atoms with E-state index in [1.807, 2.05) is 23.9 Å². The molecule has 2 aromatic rings. The Labute approximate surface area is 135 Å². The summed E-state index contributed by atoms with van der Waals surface area (Å²) in [4.78, 5) is 3.51. The van der Waals surface area contributed by atoms with Gasteiger partial charge in [-0.25, -0.2) is 0 Å². The van der Waals surface area contributed by atoms with Crippen LogP contribution in [0.1, 0.15) is 12.0 Å². The standard InChI is InChI=1S/C18H20N2OS/c19-15-7-5-14(6-8-15)13-20-11-9-16(10-12-21)22-18-4-2-1-3-17(18)20/h1-9,11,16,21H,10,12-13,19H2. The van der Waals surface area contributed by atoms with Gasteiger partial charge in [0.2, 0.25) is 0 Å². The number of aliphatic hydroxyl groups excluding tert-OH is 1. The van der Waals surface area contributed by atoms with Crippen molar-refractivity contribution in [3.05, 3.63) is 66.4 Å². The molecule has 1 aliphatic rings. The summed E-state index contributed by atoms with van der Waals surface area (Å²) in [6, 6.07) is 16.4. The van der Waals surface area contributed by atoms with Crippen molar-refractivity contribution < 1.29 is 5.11 Å². The summed E-state index contributed by atoms with van der Waals surface area (Å²) in [6.07, 6.45) is 5.08. The van der Waals surface area contributed by atoms with E-state index in [0.717, 1.165) is 18.7 Å². The highest BCUT2D eigenvalue weighted by atomic mass is 32.2. The van der Waals surface area contributed by atoms with Crippen molar-refractivity contribution in [3.8, 4) is 0 Å². The minimum Gasteiger partial charge on any atom is -0.399 e. The van der Waals surface area contributed by atoms with Gasteiger partial charge in [-0.3, -0.25) is 0 Å². The predicted molar refractivity (Wildman–Crippen MR) is 94.0 cm³/mol. The second-order valence-corrected chi connectivity index (χ2v) is 6.63. The van der Waals surface area contributed by atoms with E-state index in [4.69, 9.17) is 5.73 Å². The van der Waals surface area contributed by atoms with Gasteiger partial charge in [-0.2, -0.15) is 0 Å². The summed E-state index contributed by atoms with van der Waals surface area (Å²) in [5, 5.41) is 9.52. The zero-order valence-corrected chi connectivity index (χ0v) is 13.2. The molecule has 4 heteroatoms. The lowest BCUT2D eigenvalue weighted by Gasteiger charge is -2.21. The Bertz CT molecular complexity index is 654. The van der Waals surface area contributed by atoms with E-state index in [1.165, 1.54) is 16.1 Å². The maximum absolute atomic E-state index is 9.21. The number of fused-ring (bicyclic) bond motifs is 1. The van der Waals surface area contributed by atoms with Crippen molar-refractivity contribution in [3.63, 3.8) is 0 Å². The monoisotopic (exact) mass is 312 g/mol. The Morgan fingerprint density at radius 3 is 2.64 bits per heavy atom. The molecule has 0 bridgehead atoms. The molecule has 3 rings (SSSR count). The average molecular weight is 312 g/mol. The van der Waals surface area contributed by atoms with Gasteiger partial charge in [0.05, 0.1) is 5.69 Å². The van der Waals surface area contributed by atoms with Crippen molar-refractivity contribution in [1.82, 2.24) is 0 Å². The molecule has 0 radical (unpaired) electrons. The molecule has 0 aromatic heterocycles. The van der Waals surface area contributed by atoms with Gasteiger partial charge < -0.3 is 15.7 Å². The minimum absolute atomic E-state index is 0.210. The van der Waals surface area contributed by atoms with Crippen molar-refractivity contribution in [2.75, 3.05) is 17.2 Å². The molecular weight excluding hydrogens is 292 g/mol. The topological polar surface area (TPSA) is 49.5 Å². The van der Waals surface area contributed by atoms with Crippen LogP contribution < -0.4 is 10.6 Å². The third kappa shape index (κ3) is 3.46. The Morgan fingerprint density at radius 1 is 1.09 bits per heavy atom. The van der Waals surface area contributed by atoms with Crippen LogP contribution in [0.15, 0.2) is 65.7 Å². The minimum atomic E-state index is 0.210. The second-order valence-electron chi connectivity index (χ2n) is 5.35. The van der Waals surface area contributed by atoms with Crippen molar-refractivity contribution in [2.45, 2.75) is 23.1 Å². The molecule has 0 aliphatic carbocycles. The molecule has 2 aromatic carbocycles. The molecular formula is C18H20N2OS. The zero-order chi connectivity index (χ0) is 15.4. The number of nitrogens with two attached hydrogens (primary N) is 1. The first-order chi connectivity index (χ1) is 10.8. The van der Waals surface area contributed by atoms with E-state index in [9.17, 15) is 5.11 Å². The molecule has 0 spiro atoms. The number of rotatable bonds is 4. The fourth-order valence-electron chi connectivity index (χ4n) is 2.52. The average Bonchev–Trinajstić information content (AvgIpc) is 2.70. The Morgan fingerprint density at radius 2 is 1.86 bits per heavy atom. The highest BCUT2D eigenvalue weighted by Crippen LogP contribution is 2.37. The molecule has 1 heterocycles. The largest absolute Gasteiger partial charge is 0.399 e. The number of hydrogen-bond donors (Lipinski definition) is 2. The summed E-state index contributed by atoms with van der Waals surface area (Å²) >= 11 is 1.81. The zero-order valence-electron chi connectivity index (χ0n) is 12.4. The highest BCUT2D eigenvalue weighted by molar-refractivity contribution is 8.00. The van der Waals surface area contributed by atoms with E-state index >= 15 is 0 Å². The summed E-state index contributed by atoms with van der Waals surface area (Å²) < 4.78 is 0. The Balaban J connectivity index is 1.88. The molecule has 0 saturated heterocycles. The second kappa shape index (κ2) is 6.90. The fraction of sp³-hybridized carbons (Fsp3) is 0.222. The molecule has 0 fully saturated rings. The van der Waals surface area contributed by atoms with Gasteiger partial charge in [-0.05, 0) is 36.2 Å². The molecule has 1 atom stereocenters. The third-order valence-corrected chi connectivity index (χ3v) is 4.97. The highest BCUT2D eigenvalue weighted by Gasteiger charge is 2.17. The number of para-hydroxylation sites is 1. The van der Waals surface area contributed by atoms with E-state index in [0.29, 0.717) is 5.25 Å². The number of nitrogens with zero attached hydrogens (tertiary/aromatic N) is 1. The fourth-order valence-corrected chi connectivity index (χ4v) is 3.68. The Kier molecular flexibility index (Phi) is 4.71.